The highest BCUT2D eigenvalue weighted by Crippen LogP contribution is 2.47. The fourth-order valence-electron chi connectivity index (χ4n) is 3.80. The maximum Gasteiger partial charge on any atom is 0.323 e. The molecule has 2 heterocycles. The van der Waals surface area contributed by atoms with Crippen LogP contribution in [0.25, 0.3) is 11.0 Å². The molecule has 0 fully saturated rings. The van der Waals surface area contributed by atoms with Gasteiger partial charge in [-0.15, -0.1) is 0 Å². The quantitative estimate of drug-likeness (QED) is 0.586. The van der Waals surface area contributed by atoms with Gasteiger partial charge in [0.25, 0.3) is 5.91 Å². The van der Waals surface area contributed by atoms with Gasteiger partial charge in [-0.1, -0.05) is 24.6 Å². The zero-order chi connectivity index (χ0) is 17.9. The molecule has 0 radical (unpaired) electrons. The maximum atomic E-state index is 14.3. The average molecular weight is 363 g/mol. The van der Waals surface area contributed by atoms with E-state index in [1.807, 2.05) is 0 Å². The molecule has 1 aliphatic carbocycles. The van der Waals surface area contributed by atoms with Crippen LogP contribution in [-0.2, 0) is 0 Å². The number of imidazole rings is 1. The van der Waals surface area contributed by atoms with E-state index in [9.17, 15) is 14.0 Å². The van der Waals surface area contributed by atoms with Gasteiger partial charge in [0.2, 0.25) is 0 Å². The van der Waals surface area contributed by atoms with Crippen molar-refractivity contribution in [2.24, 2.45) is 11.8 Å². The Morgan fingerprint density at radius 3 is 2.80 bits per heavy atom. The van der Waals surface area contributed by atoms with Gasteiger partial charge in [-0.2, -0.15) is 0 Å². The van der Waals surface area contributed by atoms with Crippen molar-refractivity contribution in [1.29, 1.82) is 0 Å². The Bertz CT molecular complexity index is 1020. The maximum absolute atomic E-state index is 14.3. The highest BCUT2D eigenvalue weighted by molar-refractivity contribution is 6.30. The molecule has 8 heteroatoms. The lowest BCUT2D eigenvalue weighted by Crippen LogP contribution is -2.30. The van der Waals surface area contributed by atoms with Gasteiger partial charge in [0.1, 0.15) is 0 Å². The fourth-order valence-corrected chi connectivity index (χ4v) is 4.21. The van der Waals surface area contributed by atoms with Crippen LogP contribution in [0, 0.1) is 11.8 Å². The summed E-state index contributed by atoms with van der Waals surface area (Å²) >= 11 is 6.42. The highest BCUT2D eigenvalue weighted by atomic mass is 35.5. The number of H-pyrrole nitrogens is 2. The van der Waals surface area contributed by atoms with E-state index in [1.165, 1.54) is 6.08 Å². The number of nitrogens with one attached hydrogen (secondary N) is 3. The van der Waals surface area contributed by atoms with Gasteiger partial charge < -0.3 is 21.0 Å². The third-order valence-corrected chi connectivity index (χ3v) is 5.39. The molecule has 5 N–H and O–H groups in total. The number of nitrogen functional groups attached to an aromatic ring is 1. The summed E-state index contributed by atoms with van der Waals surface area (Å²) in [5.41, 5.74) is 7.81. The van der Waals surface area contributed by atoms with E-state index in [1.54, 1.807) is 19.1 Å². The van der Waals surface area contributed by atoms with Crippen molar-refractivity contribution in [3.63, 3.8) is 0 Å². The number of hydrogen-bond donors (Lipinski definition) is 4. The number of fused-ring (bicyclic) bond motifs is 3. The van der Waals surface area contributed by atoms with Crippen molar-refractivity contribution in [3.05, 3.63) is 50.7 Å². The van der Waals surface area contributed by atoms with Crippen LogP contribution in [0.5, 0.6) is 0 Å². The van der Waals surface area contributed by atoms with E-state index in [4.69, 9.17) is 17.3 Å². The third-order valence-electron chi connectivity index (χ3n) is 4.99. The van der Waals surface area contributed by atoms with E-state index in [0.717, 1.165) is 0 Å². The third kappa shape index (κ3) is 2.30. The summed E-state index contributed by atoms with van der Waals surface area (Å²) < 4.78 is 14.3. The van der Waals surface area contributed by atoms with E-state index in [-0.39, 0.29) is 11.7 Å². The first-order chi connectivity index (χ1) is 11.9. The van der Waals surface area contributed by atoms with E-state index in [0.29, 0.717) is 39.3 Å². The molecule has 2 unspecified atom stereocenters. The molecular formula is C17H16ClFN4O2. The van der Waals surface area contributed by atoms with Gasteiger partial charge in [0.15, 0.2) is 0 Å². The molecule has 0 spiro atoms. The first kappa shape index (κ1) is 16.0. The predicted octanol–water partition coefficient (Wildman–Crippen LogP) is 2.85. The molecule has 1 amide bonds. The minimum absolute atomic E-state index is 0.269. The molecule has 2 aromatic rings. The fraction of sp³-hybridized carbons (Fsp3) is 0.294. The Labute approximate surface area is 146 Å². The van der Waals surface area contributed by atoms with Crippen LogP contribution in [0.2, 0.25) is 0 Å². The van der Waals surface area contributed by atoms with Crippen LogP contribution in [-0.4, -0.2) is 15.9 Å². The summed E-state index contributed by atoms with van der Waals surface area (Å²) in [4.78, 5) is 29.4. The largest absolute Gasteiger partial charge is 0.398 e. The molecule has 25 heavy (non-hydrogen) atoms. The number of halogens is 2. The van der Waals surface area contributed by atoms with Crippen LogP contribution in [0.15, 0.2) is 33.9 Å². The van der Waals surface area contributed by atoms with Gasteiger partial charge in [0, 0.05) is 28.1 Å². The van der Waals surface area contributed by atoms with Crippen LogP contribution in [0.1, 0.15) is 35.3 Å². The second-order valence-corrected chi connectivity index (χ2v) is 6.87. The lowest BCUT2D eigenvalue weighted by molar-refractivity contribution is 0.0946. The van der Waals surface area contributed by atoms with Crippen molar-refractivity contribution in [1.82, 2.24) is 15.3 Å². The number of aromatic amines is 2. The van der Waals surface area contributed by atoms with Crippen molar-refractivity contribution in [2.75, 3.05) is 5.73 Å². The van der Waals surface area contributed by atoms with E-state index >= 15 is 0 Å². The van der Waals surface area contributed by atoms with Gasteiger partial charge in [-0.05, 0) is 18.6 Å². The highest BCUT2D eigenvalue weighted by Gasteiger charge is 2.42. The summed E-state index contributed by atoms with van der Waals surface area (Å²) in [6.45, 7) is 1.73. The van der Waals surface area contributed by atoms with Gasteiger partial charge >= 0.3 is 5.69 Å². The number of aromatic nitrogens is 2. The number of nitrogens with two attached hydrogens (primary N) is 1. The number of carbonyl (C=O) groups excluding carboxylic acids is 1. The van der Waals surface area contributed by atoms with Crippen LogP contribution < -0.4 is 16.7 Å². The normalized spacial score (nSPS) is 26.0. The van der Waals surface area contributed by atoms with Gasteiger partial charge in [-0.3, -0.25) is 4.79 Å². The molecule has 0 saturated heterocycles. The van der Waals surface area contributed by atoms with Crippen LogP contribution in [0.4, 0.5) is 10.1 Å². The van der Waals surface area contributed by atoms with E-state index < -0.39 is 23.6 Å². The molecule has 1 aromatic carbocycles. The zero-order valence-corrected chi connectivity index (χ0v) is 14.1. The molecule has 4 rings (SSSR count). The van der Waals surface area contributed by atoms with Crippen LogP contribution >= 0.6 is 11.6 Å². The number of allylic oxidation sites excluding steroid dienone is 3. The average Bonchev–Trinajstić information content (AvgIpc) is 3.03. The predicted molar refractivity (Wildman–Crippen MR) is 93.9 cm³/mol. The van der Waals surface area contributed by atoms with Gasteiger partial charge in [-0.25, -0.2) is 9.18 Å². The summed E-state index contributed by atoms with van der Waals surface area (Å²) in [5.74, 6) is -1.62. The number of carbonyl (C=O) groups is 1. The second-order valence-electron chi connectivity index (χ2n) is 6.44. The lowest BCUT2D eigenvalue weighted by atomic mass is 9.82. The first-order valence-electron chi connectivity index (χ1n) is 7.94. The standard InChI is InChI=1S/C17H16ClFN4O2/c1-6-8(19)4-2-3-7(18)11(6)15-12-9(20)5-10-14(23-17(25)21-10)13(12)16(24)22-15/h3-6,11,15H,2,20H2,1H3,(H,22,24)(H2,21,23,25)/t6-,11?,15?/m0/s1. The molecular weight excluding hydrogens is 347 g/mol. The summed E-state index contributed by atoms with van der Waals surface area (Å²) in [6.07, 6.45) is 3.63. The van der Waals surface area contributed by atoms with Crippen molar-refractivity contribution in [2.45, 2.75) is 19.4 Å². The Kier molecular flexibility index (Phi) is 3.50. The first-order valence-corrected chi connectivity index (χ1v) is 8.32. The SMILES string of the molecule is C[C@H]1C(F)=CCC=C(Cl)C1C1NC(=O)c2c1c(N)cc1[nH]c(=O)[nH]c21. The number of rotatable bonds is 1. The Morgan fingerprint density at radius 2 is 2.04 bits per heavy atom. The van der Waals surface area contributed by atoms with Gasteiger partial charge in [0.05, 0.1) is 28.5 Å². The molecule has 0 bridgehead atoms. The number of amides is 1. The molecule has 3 atom stereocenters. The molecule has 0 saturated carbocycles. The van der Waals surface area contributed by atoms with E-state index in [2.05, 4.69) is 15.3 Å². The molecule has 1 aliphatic heterocycles. The second kappa shape index (κ2) is 5.49. The zero-order valence-electron chi connectivity index (χ0n) is 13.3. The molecule has 6 nitrogen and oxygen atoms in total. The smallest absolute Gasteiger partial charge is 0.323 e. The summed E-state index contributed by atoms with van der Waals surface area (Å²) in [7, 11) is 0. The Hall–Kier alpha value is -2.54. The van der Waals surface area contributed by atoms with Crippen molar-refractivity contribution < 1.29 is 9.18 Å². The molecule has 130 valence electrons. The topological polar surface area (TPSA) is 104 Å². The molecule has 2 aliphatic rings. The summed E-state index contributed by atoms with van der Waals surface area (Å²) in [5, 5.41) is 3.35. The van der Waals surface area contributed by atoms with Crippen molar-refractivity contribution >= 4 is 34.2 Å². The molecule has 1 aromatic heterocycles. The summed E-state index contributed by atoms with van der Waals surface area (Å²) in [6, 6.07) is 1.03. The number of hydrogen-bond acceptors (Lipinski definition) is 3. The lowest BCUT2D eigenvalue weighted by Gasteiger charge is -2.28. The minimum atomic E-state index is -0.568. The number of benzene rings is 1. The van der Waals surface area contributed by atoms with Crippen LogP contribution in [0.3, 0.4) is 0 Å². The Morgan fingerprint density at radius 1 is 1.28 bits per heavy atom. The number of anilines is 1. The Balaban J connectivity index is 1.94. The monoisotopic (exact) mass is 362 g/mol. The van der Waals surface area contributed by atoms with Crippen molar-refractivity contribution in [3.8, 4) is 0 Å². The minimum Gasteiger partial charge on any atom is -0.398 e.